The minimum absolute atomic E-state index is 0.0510. The van der Waals surface area contributed by atoms with Crippen LogP contribution in [0.25, 0.3) is 0 Å². The lowest BCUT2D eigenvalue weighted by Crippen LogP contribution is -2.39. The summed E-state index contributed by atoms with van der Waals surface area (Å²) in [5.41, 5.74) is -0.926. The van der Waals surface area contributed by atoms with Gasteiger partial charge in [0.15, 0.2) is 5.78 Å². The normalized spacial score (nSPS) is 19.1. The molecule has 18 heavy (non-hydrogen) atoms. The molecule has 1 fully saturated rings. The van der Waals surface area contributed by atoms with Crippen molar-refractivity contribution in [3.05, 3.63) is 32.6 Å². The number of ether oxygens (including phenoxy) is 1. The van der Waals surface area contributed by atoms with Gasteiger partial charge in [0.05, 0.1) is 11.7 Å². The molecule has 0 aliphatic carbocycles. The minimum atomic E-state index is -0.541. The number of aryl methyl sites for hydroxylation is 1. The van der Waals surface area contributed by atoms with Crippen LogP contribution in [0.2, 0.25) is 0 Å². The Kier molecular flexibility index (Phi) is 3.47. The van der Waals surface area contributed by atoms with Crippen LogP contribution in [0.5, 0.6) is 0 Å². The Balaban J connectivity index is 2.30. The van der Waals surface area contributed by atoms with Crippen LogP contribution in [0.4, 0.5) is 0 Å². The third kappa shape index (κ3) is 2.28. The van der Waals surface area contributed by atoms with E-state index in [9.17, 15) is 14.4 Å². The number of aromatic nitrogens is 2. The fourth-order valence-corrected chi connectivity index (χ4v) is 2.12. The summed E-state index contributed by atoms with van der Waals surface area (Å²) in [6.07, 6.45) is 3.20. The molecular weight excluding hydrogens is 236 g/mol. The van der Waals surface area contributed by atoms with Gasteiger partial charge in [-0.25, -0.2) is 4.79 Å². The van der Waals surface area contributed by atoms with E-state index in [1.54, 1.807) is 0 Å². The van der Waals surface area contributed by atoms with E-state index < -0.39 is 11.2 Å². The molecule has 1 aromatic rings. The lowest BCUT2D eigenvalue weighted by molar-refractivity contribution is 0.0773. The van der Waals surface area contributed by atoms with Gasteiger partial charge in [0, 0.05) is 33.3 Å². The standard InChI is InChI=1S/C12H16N2O4/c1-13-7-9(11(16)14(2)12(13)17)10(15)6-8-4-3-5-18-8/h7-8H,3-6H2,1-2H3. The summed E-state index contributed by atoms with van der Waals surface area (Å²) in [5.74, 6) is -0.266. The molecule has 1 aliphatic rings. The second kappa shape index (κ2) is 4.89. The smallest absolute Gasteiger partial charge is 0.330 e. The van der Waals surface area contributed by atoms with Gasteiger partial charge >= 0.3 is 5.69 Å². The monoisotopic (exact) mass is 252 g/mol. The third-order valence-electron chi connectivity index (χ3n) is 3.18. The summed E-state index contributed by atoms with van der Waals surface area (Å²) in [4.78, 5) is 35.4. The summed E-state index contributed by atoms with van der Waals surface area (Å²) in [5, 5.41) is 0. The SMILES string of the molecule is Cn1cc(C(=O)CC2CCCO2)c(=O)n(C)c1=O. The molecular formula is C12H16N2O4. The van der Waals surface area contributed by atoms with E-state index in [1.165, 1.54) is 24.9 Å². The molecule has 0 radical (unpaired) electrons. The lowest BCUT2D eigenvalue weighted by atomic mass is 10.1. The molecule has 1 unspecified atom stereocenters. The number of rotatable bonds is 3. The second-order valence-electron chi connectivity index (χ2n) is 4.56. The number of carbonyl (C=O) groups excluding carboxylic acids is 1. The van der Waals surface area contributed by atoms with Crippen LogP contribution in [0, 0.1) is 0 Å². The van der Waals surface area contributed by atoms with Crippen LogP contribution in [0.15, 0.2) is 15.8 Å². The van der Waals surface area contributed by atoms with Crippen LogP contribution in [-0.4, -0.2) is 27.6 Å². The maximum absolute atomic E-state index is 12.0. The topological polar surface area (TPSA) is 70.3 Å². The van der Waals surface area contributed by atoms with Crippen LogP contribution in [0.1, 0.15) is 29.6 Å². The Labute approximate surface area is 104 Å². The molecule has 0 aromatic carbocycles. The zero-order valence-corrected chi connectivity index (χ0v) is 10.5. The number of hydrogen-bond donors (Lipinski definition) is 0. The predicted molar refractivity (Wildman–Crippen MR) is 64.8 cm³/mol. The fourth-order valence-electron chi connectivity index (χ4n) is 2.12. The molecule has 6 nitrogen and oxygen atoms in total. The van der Waals surface area contributed by atoms with Gasteiger partial charge in [-0.15, -0.1) is 0 Å². The van der Waals surface area contributed by atoms with Crippen molar-refractivity contribution in [2.75, 3.05) is 6.61 Å². The van der Waals surface area contributed by atoms with Gasteiger partial charge in [-0.2, -0.15) is 0 Å². The summed E-state index contributed by atoms with van der Waals surface area (Å²) < 4.78 is 7.56. The van der Waals surface area contributed by atoms with Crippen LogP contribution < -0.4 is 11.2 Å². The van der Waals surface area contributed by atoms with E-state index in [0.717, 1.165) is 17.4 Å². The van der Waals surface area contributed by atoms with Gasteiger partial charge < -0.3 is 9.30 Å². The van der Waals surface area contributed by atoms with Gasteiger partial charge in [0.2, 0.25) is 0 Å². The third-order valence-corrected chi connectivity index (χ3v) is 3.18. The van der Waals surface area contributed by atoms with Gasteiger partial charge in [-0.3, -0.25) is 14.2 Å². The predicted octanol–water partition coefficient (Wildman–Crippen LogP) is -0.164. The molecule has 0 N–H and O–H groups in total. The van der Waals surface area contributed by atoms with Crippen molar-refractivity contribution < 1.29 is 9.53 Å². The van der Waals surface area contributed by atoms with Crippen molar-refractivity contribution in [2.24, 2.45) is 14.1 Å². The highest BCUT2D eigenvalue weighted by Gasteiger charge is 2.22. The molecule has 6 heteroatoms. The van der Waals surface area contributed by atoms with Crippen molar-refractivity contribution in [1.29, 1.82) is 0 Å². The zero-order chi connectivity index (χ0) is 13.3. The maximum Gasteiger partial charge on any atom is 0.330 e. The largest absolute Gasteiger partial charge is 0.378 e. The maximum atomic E-state index is 12.0. The summed E-state index contributed by atoms with van der Waals surface area (Å²) in [6, 6.07) is 0. The van der Waals surface area contributed by atoms with E-state index in [-0.39, 0.29) is 23.9 Å². The van der Waals surface area contributed by atoms with Crippen molar-refractivity contribution in [3.8, 4) is 0 Å². The van der Waals surface area contributed by atoms with Gasteiger partial charge in [-0.05, 0) is 12.8 Å². The second-order valence-corrected chi connectivity index (χ2v) is 4.56. The first-order chi connectivity index (χ1) is 8.50. The molecule has 2 heterocycles. The molecule has 98 valence electrons. The highest BCUT2D eigenvalue weighted by Crippen LogP contribution is 2.16. The molecule has 1 aliphatic heterocycles. The van der Waals surface area contributed by atoms with Crippen LogP contribution in [0.3, 0.4) is 0 Å². The van der Waals surface area contributed by atoms with Crippen LogP contribution >= 0.6 is 0 Å². The average Bonchev–Trinajstić information content (AvgIpc) is 2.83. The molecule has 0 amide bonds. The molecule has 1 saturated heterocycles. The fraction of sp³-hybridized carbons (Fsp3) is 0.583. The minimum Gasteiger partial charge on any atom is -0.378 e. The highest BCUT2D eigenvalue weighted by atomic mass is 16.5. The molecule has 0 bridgehead atoms. The highest BCUT2D eigenvalue weighted by molar-refractivity contribution is 5.95. The Hall–Kier alpha value is -1.69. The summed E-state index contributed by atoms with van der Waals surface area (Å²) >= 11 is 0. The summed E-state index contributed by atoms with van der Waals surface area (Å²) in [7, 11) is 2.89. The number of hydrogen-bond acceptors (Lipinski definition) is 4. The molecule has 1 atom stereocenters. The number of ketones is 1. The molecule has 0 spiro atoms. The van der Waals surface area contributed by atoms with Crippen molar-refractivity contribution in [3.63, 3.8) is 0 Å². The molecule has 0 saturated carbocycles. The van der Waals surface area contributed by atoms with Gasteiger partial charge in [0.25, 0.3) is 5.56 Å². The number of Topliss-reactive ketones (excluding diaryl/α,β-unsaturated/α-hetero) is 1. The van der Waals surface area contributed by atoms with E-state index in [4.69, 9.17) is 4.74 Å². The zero-order valence-electron chi connectivity index (χ0n) is 10.5. The molecule has 2 rings (SSSR count). The average molecular weight is 252 g/mol. The lowest BCUT2D eigenvalue weighted by Gasteiger charge is -2.09. The van der Waals surface area contributed by atoms with Gasteiger partial charge in [0.1, 0.15) is 0 Å². The Morgan fingerprint density at radius 3 is 2.78 bits per heavy atom. The van der Waals surface area contributed by atoms with E-state index in [0.29, 0.717) is 6.61 Å². The van der Waals surface area contributed by atoms with E-state index in [2.05, 4.69) is 0 Å². The van der Waals surface area contributed by atoms with Crippen molar-refractivity contribution in [1.82, 2.24) is 9.13 Å². The Morgan fingerprint density at radius 1 is 1.44 bits per heavy atom. The Morgan fingerprint density at radius 2 is 2.17 bits per heavy atom. The van der Waals surface area contributed by atoms with Crippen molar-refractivity contribution >= 4 is 5.78 Å². The first-order valence-corrected chi connectivity index (χ1v) is 5.92. The Bertz CT molecular complexity index is 579. The van der Waals surface area contributed by atoms with E-state index in [1.807, 2.05) is 0 Å². The van der Waals surface area contributed by atoms with Crippen LogP contribution in [-0.2, 0) is 18.8 Å². The van der Waals surface area contributed by atoms with Gasteiger partial charge in [-0.1, -0.05) is 0 Å². The first-order valence-electron chi connectivity index (χ1n) is 5.92. The van der Waals surface area contributed by atoms with E-state index >= 15 is 0 Å². The quantitative estimate of drug-likeness (QED) is 0.701. The number of nitrogens with zero attached hydrogens (tertiary/aromatic N) is 2. The number of carbonyl (C=O) groups is 1. The molecule has 1 aromatic heterocycles. The first kappa shape index (κ1) is 12.8. The summed E-state index contributed by atoms with van der Waals surface area (Å²) in [6.45, 7) is 0.670. The van der Waals surface area contributed by atoms with Crippen molar-refractivity contribution in [2.45, 2.75) is 25.4 Å².